The summed E-state index contributed by atoms with van der Waals surface area (Å²) >= 11 is 0. The molecule has 6 heteroatoms. The third-order valence-corrected chi connectivity index (χ3v) is 5.15. The highest BCUT2D eigenvalue weighted by atomic mass is 16.5. The second kappa shape index (κ2) is 9.83. The Bertz CT molecular complexity index is 771. The molecule has 0 bridgehead atoms. The lowest BCUT2D eigenvalue weighted by Gasteiger charge is -2.36. The van der Waals surface area contributed by atoms with Crippen molar-refractivity contribution in [1.29, 1.82) is 0 Å². The minimum atomic E-state index is 0.389. The average Bonchev–Trinajstić information content (AvgIpc) is 2.73. The van der Waals surface area contributed by atoms with Crippen LogP contribution >= 0.6 is 0 Å². The lowest BCUT2D eigenvalue weighted by Crippen LogP contribution is -2.41. The first kappa shape index (κ1) is 21.2. The maximum absolute atomic E-state index is 5.97. The fourth-order valence-electron chi connectivity index (χ4n) is 3.56. The van der Waals surface area contributed by atoms with Gasteiger partial charge in [-0.05, 0) is 68.2 Å². The summed E-state index contributed by atoms with van der Waals surface area (Å²) < 4.78 is 11.5. The molecule has 29 heavy (non-hydrogen) atoms. The zero-order valence-electron chi connectivity index (χ0n) is 18.3. The minimum Gasteiger partial charge on any atom is -0.491 e. The van der Waals surface area contributed by atoms with Crippen molar-refractivity contribution in [3.8, 4) is 11.6 Å². The van der Waals surface area contributed by atoms with Crippen molar-refractivity contribution in [3.63, 3.8) is 0 Å². The second-order valence-electron chi connectivity index (χ2n) is 8.14. The number of aromatic nitrogens is 1. The summed E-state index contributed by atoms with van der Waals surface area (Å²) in [7, 11) is 5.77. The third kappa shape index (κ3) is 5.32. The molecule has 2 heterocycles. The summed E-state index contributed by atoms with van der Waals surface area (Å²) in [6.07, 6.45) is 2.15. The molecule has 0 atom stereocenters. The van der Waals surface area contributed by atoms with Crippen LogP contribution in [0.5, 0.6) is 11.6 Å². The largest absolute Gasteiger partial charge is 0.491 e. The van der Waals surface area contributed by atoms with E-state index in [2.05, 4.69) is 67.3 Å². The van der Waals surface area contributed by atoms with Gasteiger partial charge in [0.05, 0.1) is 13.7 Å². The van der Waals surface area contributed by atoms with E-state index < -0.39 is 0 Å². The van der Waals surface area contributed by atoms with Gasteiger partial charge >= 0.3 is 0 Å². The Labute approximate surface area is 174 Å². The van der Waals surface area contributed by atoms with E-state index in [1.54, 1.807) is 7.11 Å². The van der Waals surface area contributed by atoms with Gasteiger partial charge in [0.25, 0.3) is 5.88 Å². The van der Waals surface area contributed by atoms with Crippen molar-refractivity contribution in [2.75, 3.05) is 50.7 Å². The average molecular weight is 399 g/mol. The van der Waals surface area contributed by atoms with Crippen LogP contribution in [0.2, 0.25) is 0 Å². The van der Waals surface area contributed by atoms with Crippen LogP contribution in [0.4, 0.5) is 17.2 Å². The van der Waals surface area contributed by atoms with E-state index in [9.17, 15) is 0 Å². The molecule has 1 N–H and O–H groups in total. The number of piperidine rings is 1. The van der Waals surface area contributed by atoms with Crippen LogP contribution in [0.15, 0.2) is 36.4 Å². The van der Waals surface area contributed by atoms with Gasteiger partial charge in [-0.1, -0.05) is 13.8 Å². The van der Waals surface area contributed by atoms with Crippen molar-refractivity contribution in [3.05, 3.63) is 36.4 Å². The van der Waals surface area contributed by atoms with E-state index in [4.69, 9.17) is 14.5 Å². The molecule has 1 saturated heterocycles. The molecule has 0 amide bonds. The number of methoxy groups -OCH3 is 1. The number of hydrogen-bond acceptors (Lipinski definition) is 6. The second-order valence-corrected chi connectivity index (χ2v) is 8.14. The number of benzene rings is 1. The first-order chi connectivity index (χ1) is 14.0. The van der Waals surface area contributed by atoms with E-state index in [0.717, 1.165) is 37.4 Å². The van der Waals surface area contributed by atoms with Gasteiger partial charge in [0, 0.05) is 31.5 Å². The van der Waals surface area contributed by atoms with E-state index >= 15 is 0 Å². The van der Waals surface area contributed by atoms with Crippen LogP contribution in [0.25, 0.3) is 0 Å². The standard InChI is InChI=1S/C23H34N4O2/c1-17(2)16-29-23-21(28-5)10-11-22(25-23)27(20-12-14-24-15-13-20)19-8-6-18(7-9-19)26(3)4/h6-11,17,20,24H,12-16H2,1-5H3. The summed E-state index contributed by atoms with van der Waals surface area (Å²) in [6, 6.07) is 13.0. The lowest BCUT2D eigenvalue weighted by molar-refractivity contribution is 0.247. The molecule has 0 unspecified atom stereocenters. The molecule has 158 valence electrons. The van der Waals surface area contributed by atoms with E-state index in [-0.39, 0.29) is 0 Å². The summed E-state index contributed by atoms with van der Waals surface area (Å²) in [5.74, 6) is 2.54. The monoisotopic (exact) mass is 398 g/mol. The minimum absolute atomic E-state index is 0.389. The Morgan fingerprint density at radius 1 is 1.03 bits per heavy atom. The van der Waals surface area contributed by atoms with Crippen molar-refractivity contribution in [2.24, 2.45) is 5.92 Å². The molecule has 6 nitrogen and oxygen atoms in total. The van der Waals surface area contributed by atoms with Gasteiger partial charge in [0.1, 0.15) is 5.82 Å². The fourth-order valence-corrected chi connectivity index (χ4v) is 3.56. The first-order valence-corrected chi connectivity index (χ1v) is 10.4. The number of anilines is 3. The van der Waals surface area contributed by atoms with Gasteiger partial charge in [-0.25, -0.2) is 0 Å². The fraction of sp³-hybridized carbons (Fsp3) is 0.522. The highest BCUT2D eigenvalue weighted by Crippen LogP contribution is 2.35. The van der Waals surface area contributed by atoms with E-state index in [1.807, 2.05) is 12.1 Å². The van der Waals surface area contributed by atoms with Crippen LogP contribution in [0, 0.1) is 5.92 Å². The van der Waals surface area contributed by atoms with Crippen LogP contribution in [-0.4, -0.2) is 51.9 Å². The number of nitrogens with zero attached hydrogens (tertiary/aromatic N) is 3. The molecule has 1 fully saturated rings. The Balaban J connectivity index is 1.97. The molecule has 0 radical (unpaired) electrons. The normalized spacial score (nSPS) is 14.7. The van der Waals surface area contributed by atoms with Crippen LogP contribution < -0.4 is 24.6 Å². The van der Waals surface area contributed by atoms with Gasteiger partial charge in [0.2, 0.25) is 0 Å². The van der Waals surface area contributed by atoms with Gasteiger partial charge in [0.15, 0.2) is 5.75 Å². The zero-order valence-corrected chi connectivity index (χ0v) is 18.3. The van der Waals surface area contributed by atoms with Gasteiger partial charge in [-0.2, -0.15) is 4.98 Å². The van der Waals surface area contributed by atoms with E-state index in [1.165, 1.54) is 5.69 Å². The van der Waals surface area contributed by atoms with Gasteiger partial charge in [-0.15, -0.1) is 0 Å². The van der Waals surface area contributed by atoms with Crippen molar-refractivity contribution in [1.82, 2.24) is 10.3 Å². The molecular formula is C23H34N4O2. The highest BCUT2D eigenvalue weighted by molar-refractivity contribution is 5.65. The SMILES string of the molecule is COc1ccc(N(c2ccc(N(C)C)cc2)C2CCNCC2)nc1OCC(C)C. The number of ether oxygens (including phenoxy) is 2. The molecule has 2 aromatic rings. The zero-order chi connectivity index (χ0) is 20.8. The van der Waals surface area contributed by atoms with Gasteiger partial charge < -0.3 is 24.6 Å². The Morgan fingerprint density at radius 3 is 2.28 bits per heavy atom. The molecule has 1 aliphatic heterocycles. The van der Waals surface area contributed by atoms with Crippen LogP contribution in [0.3, 0.4) is 0 Å². The Morgan fingerprint density at radius 2 is 1.69 bits per heavy atom. The Kier molecular flexibility index (Phi) is 7.20. The van der Waals surface area contributed by atoms with E-state index in [0.29, 0.717) is 30.2 Å². The van der Waals surface area contributed by atoms with Gasteiger partial charge in [-0.3, -0.25) is 0 Å². The summed E-state index contributed by atoms with van der Waals surface area (Å²) in [5.41, 5.74) is 2.33. The maximum atomic E-state index is 5.97. The maximum Gasteiger partial charge on any atom is 0.259 e. The summed E-state index contributed by atoms with van der Waals surface area (Å²) in [6.45, 7) is 6.90. The highest BCUT2D eigenvalue weighted by Gasteiger charge is 2.25. The molecule has 0 spiro atoms. The first-order valence-electron chi connectivity index (χ1n) is 10.4. The number of hydrogen-bond donors (Lipinski definition) is 1. The molecule has 1 aromatic carbocycles. The van der Waals surface area contributed by atoms with Crippen molar-refractivity contribution < 1.29 is 9.47 Å². The third-order valence-electron chi connectivity index (χ3n) is 5.15. The molecule has 0 saturated carbocycles. The number of pyridine rings is 1. The number of rotatable bonds is 8. The lowest BCUT2D eigenvalue weighted by atomic mass is 10.0. The summed E-state index contributed by atoms with van der Waals surface area (Å²) in [5, 5.41) is 3.46. The molecule has 1 aliphatic rings. The van der Waals surface area contributed by atoms with Crippen molar-refractivity contribution >= 4 is 17.2 Å². The Hall–Kier alpha value is -2.47. The number of nitrogens with one attached hydrogen (secondary N) is 1. The summed E-state index contributed by atoms with van der Waals surface area (Å²) in [4.78, 5) is 9.34. The topological polar surface area (TPSA) is 49.9 Å². The van der Waals surface area contributed by atoms with Crippen LogP contribution in [-0.2, 0) is 0 Å². The predicted octanol–water partition coefficient (Wildman–Crippen LogP) is 4.08. The molecule has 3 rings (SSSR count). The quantitative estimate of drug-likeness (QED) is 0.723. The molecule has 1 aromatic heterocycles. The smallest absolute Gasteiger partial charge is 0.259 e. The molecule has 0 aliphatic carbocycles. The molecular weight excluding hydrogens is 364 g/mol. The van der Waals surface area contributed by atoms with Crippen molar-refractivity contribution in [2.45, 2.75) is 32.7 Å². The van der Waals surface area contributed by atoms with Crippen LogP contribution in [0.1, 0.15) is 26.7 Å². The predicted molar refractivity (Wildman–Crippen MR) is 120 cm³/mol.